The molecule has 2 aromatic rings. The van der Waals surface area contributed by atoms with Crippen molar-refractivity contribution >= 4 is 15.9 Å². The van der Waals surface area contributed by atoms with Crippen molar-refractivity contribution in [3.05, 3.63) is 64.7 Å². The molecule has 1 nitrogen and oxygen atoms in total. The molecule has 0 bridgehead atoms. The summed E-state index contributed by atoms with van der Waals surface area (Å²) in [7, 11) is 0. The molecule has 1 atom stereocenters. The van der Waals surface area contributed by atoms with Crippen molar-refractivity contribution in [2.75, 3.05) is 6.61 Å². The zero-order chi connectivity index (χ0) is 14.7. The fourth-order valence-corrected chi connectivity index (χ4v) is 2.59. The van der Waals surface area contributed by atoms with Gasteiger partial charge in [-0.15, -0.1) is 0 Å². The van der Waals surface area contributed by atoms with Gasteiger partial charge in [0.15, 0.2) is 0 Å². The Kier molecular flexibility index (Phi) is 4.76. The quantitative estimate of drug-likeness (QED) is 0.699. The van der Waals surface area contributed by atoms with Crippen LogP contribution in [0.15, 0.2) is 36.4 Å². The smallest absolute Gasteiger partial charge is 0.128 e. The van der Waals surface area contributed by atoms with Gasteiger partial charge in [0.1, 0.15) is 17.4 Å². The highest BCUT2D eigenvalue weighted by Gasteiger charge is 2.17. The van der Waals surface area contributed by atoms with Gasteiger partial charge >= 0.3 is 0 Å². The Labute approximate surface area is 125 Å². The molecule has 0 saturated carbocycles. The molecule has 0 fully saturated rings. The number of hydrogen-bond acceptors (Lipinski definition) is 1. The maximum absolute atomic E-state index is 13.9. The number of ether oxygens (including phenoxy) is 1. The summed E-state index contributed by atoms with van der Waals surface area (Å²) in [5.74, 6) is -0.0667. The third-order valence-corrected chi connectivity index (χ3v) is 4.06. The molecule has 1 unspecified atom stereocenters. The van der Waals surface area contributed by atoms with Crippen LogP contribution in [0, 0.1) is 18.6 Å². The molecule has 20 heavy (non-hydrogen) atoms. The maximum atomic E-state index is 13.9. The van der Waals surface area contributed by atoms with E-state index in [1.165, 1.54) is 12.1 Å². The Hall–Kier alpha value is -1.42. The second kappa shape index (κ2) is 6.35. The van der Waals surface area contributed by atoms with Crippen molar-refractivity contribution in [1.82, 2.24) is 0 Å². The van der Waals surface area contributed by atoms with Crippen LogP contribution >= 0.6 is 15.9 Å². The van der Waals surface area contributed by atoms with Crippen LogP contribution in [0.4, 0.5) is 8.78 Å². The van der Waals surface area contributed by atoms with E-state index >= 15 is 0 Å². The average molecular weight is 341 g/mol. The van der Waals surface area contributed by atoms with Gasteiger partial charge in [0, 0.05) is 5.56 Å². The minimum Gasteiger partial charge on any atom is -0.494 e. The first-order valence-corrected chi connectivity index (χ1v) is 7.27. The van der Waals surface area contributed by atoms with Gasteiger partial charge in [-0.3, -0.25) is 0 Å². The molecule has 0 aliphatic rings. The molecule has 2 aromatic carbocycles. The third kappa shape index (κ3) is 3.18. The lowest BCUT2D eigenvalue weighted by Crippen LogP contribution is -2.00. The van der Waals surface area contributed by atoms with E-state index in [1.54, 1.807) is 6.92 Å². The van der Waals surface area contributed by atoms with Gasteiger partial charge < -0.3 is 4.74 Å². The highest BCUT2D eigenvalue weighted by molar-refractivity contribution is 9.09. The van der Waals surface area contributed by atoms with E-state index in [0.29, 0.717) is 12.2 Å². The van der Waals surface area contributed by atoms with E-state index in [4.69, 9.17) is 4.74 Å². The average Bonchev–Trinajstić information content (AvgIpc) is 2.43. The summed E-state index contributed by atoms with van der Waals surface area (Å²) in [6.45, 7) is 4.04. The zero-order valence-corrected chi connectivity index (χ0v) is 12.9. The molecule has 0 aromatic heterocycles. The van der Waals surface area contributed by atoms with Gasteiger partial charge in [0.2, 0.25) is 0 Å². The Morgan fingerprint density at radius 2 is 1.75 bits per heavy atom. The molecule has 0 aliphatic heterocycles. The molecule has 4 heteroatoms. The van der Waals surface area contributed by atoms with Crippen molar-refractivity contribution in [2.45, 2.75) is 18.7 Å². The first kappa shape index (κ1) is 15.0. The molecule has 0 heterocycles. The minimum atomic E-state index is -0.417. The van der Waals surface area contributed by atoms with Crippen LogP contribution in [0.3, 0.4) is 0 Å². The SMILES string of the molecule is CCOc1ccc(C(Br)c2cc(F)c(C)cc2F)cc1. The maximum Gasteiger partial charge on any atom is 0.128 e. The summed E-state index contributed by atoms with van der Waals surface area (Å²) in [5.41, 5.74) is 1.44. The molecule has 2 rings (SSSR count). The van der Waals surface area contributed by atoms with E-state index in [1.807, 2.05) is 31.2 Å². The molecular formula is C16H15BrF2O. The van der Waals surface area contributed by atoms with Crippen LogP contribution in [-0.4, -0.2) is 6.61 Å². The molecule has 0 radical (unpaired) electrons. The largest absolute Gasteiger partial charge is 0.494 e. The van der Waals surface area contributed by atoms with Crippen molar-refractivity contribution in [3.63, 3.8) is 0 Å². The van der Waals surface area contributed by atoms with Gasteiger partial charge in [0.25, 0.3) is 0 Å². The van der Waals surface area contributed by atoms with Crippen molar-refractivity contribution in [2.24, 2.45) is 0 Å². The number of benzene rings is 2. The monoisotopic (exact) mass is 340 g/mol. The topological polar surface area (TPSA) is 9.23 Å². The number of halogens is 3. The summed E-state index contributed by atoms with van der Waals surface area (Å²) in [4.78, 5) is -0.395. The van der Waals surface area contributed by atoms with Gasteiger partial charge in [-0.05, 0) is 49.2 Å². The van der Waals surface area contributed by atoms with Gasteiger partial charge in [-0.25, -0.2) is 8.78 Å². The molecular weight excluding hydrogens is 326 g/mol. The van der Waals surface area contributed by atoms with Crippen LogP contribution in [0.5, 0.6) is 5.75 Å². The van der Waals surface area contributed by atoms with Crippen LogP contribution < -0.4 is 4.74 Å². The van der Waals surface area contributed by atoms with E-state index < -0.39 is 16.5 Å². The fourth-order valence-electron chi connectivity index (χ4n) is 1.94. The molecule has 0 spiro atoms. The number of aryl methyl sites for hydroxylation is 1. The lowest BCUT2D eigenvalue weighted by Gasteiger charge is -2.13. The first-order chi connectivity index (χ1) is 9.52. The molecule has 0 saturated heterocycles. The second-order valence-electron chi connectivity index (χ2n) is 4.49. The fraction of sp³-hybridized carbons (Fsp3) is 0.250. The van der Waals surface area contributed by atoms with Crippen molar-refractivity contribution < 1.29 is 13.5 Å². The van der Waals surface area contributed by atoms with Gasteiger partial charge in [-0.2, -0.15) is 0 Å². The highest BCUT2D eigenvalue weighted by Crippen LogP contribution is 2.34. The highest BCUT2D eigenvalue weighted by atomic mass is 79.9. The van der Waals surface area contributed by atoms with Gasteiger partial charge in [0.05, 0.1) is 11.4 Å². The summed E-state index contributed by atoms with van der Waals surface area (Å²) in [6, 6.07) is 9.75. The van der Waals surface area contributed by atoms with Crippen LogP contribution in [-0.2, 0) is 0 Å². The number of rotatable bonds is 4. The zero-order valence-electron chi connectivity index (χ0n) is 11.3. The van der Waals surface area contributed by atoms with Crippen molar-refractivity contribution in [1.29, 1.82) is 0 Å². The predicted octanol–water partition coefficient (Wildman–Crippen LogP) is 5.16. The predicted molar refractivity (Wildman–Crippen MR) is 79.5 cm³/mol. The van der Waals surface area contributed by atoms with E-state index in [2.05, 4.69) is 15.9 Å². The first-order valence-electron chi connectivity index (χ1n) is 6.35. The normalized spacial score (nSPS) is 12.2. The summed E-state index contributed by atoms with van der Waals surface area (Å²) in [6.07, 6.45) is 0. The Bertz CT molecular complexity index is 596. The number of hydrogen-bond donors (Lipinski definition) is 0. The lowest BCUT2D eigenvalue weighted by atomic mass is 10.0. The molecule has 0 N–H and O–H groups in total. The van der Waals surface area contributed by atoms with Crippen LogP contribution in [0.2, 0.25) is 0 Å². The minimum absolute atomic E-state index is 0.289. The third-order valence-electron chi connectivity index (χ3n) is 3.03. The molecule has 0 amide bonds. The van der Waals surface area contributed by atoms with E-state index in [0.717, 1.165) is 11.3 Å². The van der Waals surface area contributed by atoms with E-state index in [-0.39, 0.29) is 5.56 Å². The van der Waals surface area contributed by atoms with Crippen LogP contribution in [0.25, 0.3) is 0 Å². The lowest BCUT2D eigenvalue weighted by molar-refractivity contribution is 0.340. The summed E-state index contributed by atoms with van der Waals surface area (Å²) >= 11 is 3.42. The molecule has 0 aliphatic carbocycles. The Morgan fingerprint density at radius 3 is 2.35 bits per heavy atom. The summed E-state index contributed by atoms with van der Waals surface area (Å²) < 4.78 is 32.9. The Morgan fingerprint density at radius 1 is 1.10 bits per heavy atom. The van der Waals surface area contributed by atoms with E-state index in [9.17, 15) is 8.78 Å². The second-order valence-corrected chi connectivity index (χ2v) is 5.40. The number of alkyl halides is 1. The Balaban J connectivity index is 2.31. The van der Waals surface area contributed by atoms with Crippen LogP contribution in [0.1, 0.15) is 28.4 Å². The van der Waals surface area contributed by atoms with Gasteiger partial charge in [-0.1, -0.05) is 28.1 Å². The summed E-state index contributed by atoms with van der Waals surface area (Å²) in [5, 5.41) is 0. The standard InChI is InChI=1S/C16H15BrF2O/c1-3-20-12-6-4-11(5-7-12)16(17)13-9-14(18)10(2)8-15(13)19/h4-9,16H,3H2,1-2H3. The van der Waals surface area contributed by atoms with Crippen molar-refractivity contribution in [3.8, 4) is 5.75 Å². The molecule has 106 valence electrons.